The van der Waals surface area contributed by atoms with Crippen molar-refractivity contribution in [1.29, 1.82) is 21.0 Å². The monoisotopic (exact) mass is 1190 g/mol. The molecule has 0 amide bonds. The van der Waals surface area contributed by atoms with Gasteiger partial charge in [0.2, 0.25) is 0 Å². The van der Waals surface area contributed by atoms with Crippen molar-refractivity contribution in [1.82, 2.24) is 19.9 Å². The molecule has 5 rings (SSSR count). The summed E-state index contributed by atoms with van der Waals surface area (Å²) >= 11 is 0. The number of pyridine rings is 4. The maximum Gasteiger partial charge on any atom is 3.00 e. The minimum Gasteiger partial charge on any atom is -2.00 e. The first kappa shape index (κ1) is 111. The molecule has 0 radical (unpaired) electrons. The fourth-order valence-corrected chi connectivity index (χ4v) is 2.42. The summed E-state index contributed by atoms with van der Waals surface area (Å²) in [7, 11) is -4.27. The first-order valence-electron chi connectivity index (χ1n) is 17.0. The zero-order valence-electron chi connectivity index (χ0n) is 39.3. The van der Waals surface area contributed by atoms with Gasteiger partial charge in [-0.2, -0.15) is 21.0 Å². The Morgan fingerprint density at radius 1 is 0.423 bits per heavy atom. The molecule has 0 saturated heterocycles. The Morgan fingerprint density at radius 2 is 0.549 bits per heavy atom. The predicted molar refractivity (Wildman–Crippen MR) is 228 cm³/mol. The van der Waals surface area contributed by atoms with Gasteiger partial charge >= 0.3 is 67.1 Å². The number of benzene rings is 1. The Labute approximate surface area is 457 Å². The number of carbonyl (C=O) groups is 4. The van der Waals surface area contributed by atoms with Crippen molar-refractivity contribution in [2.45, 2.75) is 67.2 Å². The van der Waals surface area contributed by atoms with E-state index in [1.807, 2.05) is 79.7 Å². The van der Waals surface area contributed by atoms with Gasteiger partial charge in [-0.1, -0.05) is 42.0 Å². The molecule has 0 spiro atoms. The van der Waals surface area contributed by atoms with Crippen LogP contribution in [-0.4, -0.2) is 62.3 Å². The third-order valence-electron chi connectivity index (χ3n) is 3.58. The molecule has 4 aromatic heterocycles. The quantitative estimate of drug-likeness (QED) is 0.216. The van der Waals surface area contributed by atoms with Crippen molar-refractivity contribution in [2.24, 2.45) is 0 Å². The van der Waals surface area contributed by atoms with Gasteiger partial charge in [0, 0.05) is 101 Å². The van der Waals surface area contributed by atoms with E-state index in [2.05, 4.69) is 19.9 Å². The van der Waals surface area contributed by atoms with E-state index in [-0.39, 0.29) is 93.9 Å². The number of hydrogen-bond acceptors (Lipinski definition) is 20. The van der Waals surface area contributed by atoms with E-state index in [9.17, 15) is 13.0 Å². The third kappa shape index (κ3) is 214. The van der Waals surface area contributed by atoms with E-state index in [1.165, 1.54) is 39.8 Å². The maximum absolute atomic E-state index is 10.4. The predicted octanol–water partition coefficient (Wildman–Crippen LogP) is 1.83. The number of aryl methyl sites for hydroxylation is 1. The molecule has 1 N–H and O–H groups in total. The van der Waals surface area contributed by atoms with Crippen molar-refractivity contribution in [3.63, 3.8) is 0 Å². The number of nitriles is 4. The molecule has 0 aliphatic rings. The smallest absolute Gasteiger partial charge is 2.00 e. The fraction of sp³-hybridized carbons (Fsp3) is 0.209. The van der Waals surface area contributed by atoms with Crippen molar-refractivity contribution >= 4 is 34.0 Å². The number of carboxylic acids is 4. The Balaban J connectivity index is -0.0000000334. The van der Waals surface area contributed by atoms with E-state index in [0.717, 1.165) is 33.3 Å². The summed E-state index contributed by atoms with van der Waals surface area (Å²) in [5.41, 5.74) is 0.928. The van der Waals surface area contributed by atoms with E-state index < -0.39 is 34.0 Å². The van der Waals surface area contributed by atoms with Crippen LogP contribution in [0.5, 0.6) is 0 Å². The number of nitrogens with zero attached hydrogens (tertiary/aromatic N) is 8. The first-order chi connectivity index (χ1) is 29.6. The van der Waals surface area contributed by atoms with Gasteiger partial charge in [-0.3, -0.25) is 19.9 Å². The Morgan fingerprint density at radius 3 is 0.620 bits per heavy atom. The number of aliphatic carboxylic acids is 4. The number of carbonyl (C=O) groups excluding carboxylic acids is 4. The zero-order valence-corrected chi connectivity index (χ0v) is 44.3. The van der Waals surface area contributed by atoms with Crippen LogP contribution in [0.2, 0.25) is 0 Å². The molecule has 1 aromatic carbocycles. The standard InChI is InChI=1S/C7H8O3S.4C5H5N.4C2H3N.4C2H4O2.4Co.H2O.3O/c1-6-2-4-7(5-3-6)11(8,9)10;4*1-2-4-6-5-3-1;4*1-2-3;4*1-2(3)4;;;;;;;;/h2-5H,1H3,(H,8,9,10);4*1-5H;4*1H3;4*1H3,(H,3,4);;;;;1H2;;;/q;;;;;;;;;;;;;4*+3;;3*-2/p-6. The molecule has 0 atom stereocenters. The van der Waals surface area contributed by atoms with Gasteiger partial charge in [0.15, 0.2) is 0 Å². The normalized spacial score (nSPS) is 6.34. The minimum absolute atomic E-state index is 0. The van der Waals surface area contributed by atoms with Crippen LogP contribution in [0.25, 0.3) is 0 Å². The molecule has 28 heteroatoms. The molecule has 71 heavy (non-hydrogen) atoms. The van der Waals surface area contributed by atoms with E-state index in [1.54, 1.807) is 86.0 Å². The van der Waals surface area contributed by atoms with Crippen LogP contribution in [0.3, 0.4) is 0 Å². The summed E-state index contributed by atoms with van der Waals surface area (Å²) in [5.74, 6) is -4.33. The van der Waals surface area contributed by atoms with Crippen LogP contribution in [0.1, 0.15) is 61.0 Å². The molecule has 396 valence electrons. The molecule has 0 aliphatic heterocycles. The Hall–Kier alpha value is -6.56. The second kappa shape index (κ2) is 101. The van der Waals surface area contributed by atoms with Gasteiger partial charge in [-0.05, 0) is 95.3 Å². The van der Waals surface area contributed by atoms with Gasteiger partial charge in [0.05, 0.1) is 29.2 Å². The van der Waals surface area contributed by atoms with Crippen LogP contribution in [0, 0.1) is 52.2 Å². The summed E-state index contributed by atoms with van der Waals surface area (Å²) in [6, 6.07) is 35.6. The largest absolute Gasteiger partial charge is 3.00 e. The van der Waals surface area contributed by atoms with Crippen LogP contribution >= 0.6 is 0 Å². The van der Waals surface area contributed by atoms with Crippen LogP contribution in [-0.2, 0) is 113 Å². The van der Waals surface area contributed by atoms with Gasteiger partial charge in [0.1, 0.15) is 10.1 Å². The molecular weight excluding hydrogens is 1140 g/mol. The number of rotatable bonds is 1. The van der Waals surface area contributed by atoms with E-state index in [4.69, 9.17) is 60.7 Å². The van der Waals surface area contributed by atoms with Crippen molar-refractivity contribution in [3.05, 3.63) is 152 Å². The second-order valence-electron chi connectivity index (χ2n) is 9.23. The van der Waals surface area contributed by atoms with Gasteiger partial charge < -0.3 is 66.1 Å². The molecular formula is C43H52Co4N8O15S. The zero-order chi connectivity index (χ0) is 50.6. The Kier molecular flexibility index (Phi) is 158. The van der Waals surface area contributed by atoms with Crippen molar-refractivity contribution < 1.29 is 142 Å². The summed E-state index contributed by atoms with van der Waals surface area (Å²) in [5, 5.41) is 64.8. The van der Waals surface area contributed by atoms with Crippen molar-refractivity contribution in [3.8, 4) is 24.3 Å². The van der Waals surface area contributed by atoms with Gasteiger partial charge in [-0.15, -0.1) is 0 Å². The fourth-order valence-electron chi connectivity index (χ4n) is 1.96. The second-order valence-corrected chi connectivity index (χ2v) is 10.6. The number of hydrogen-bond donors (Lipinski definition) is 0. The SMILES string of the molecule is CC#N.CC#N.CC#N.CC#N.CC(=O)[O-].CC(=O)[O-].CC(=O)[O-].CC(=O)[O-].Cc1ccc(S(=O)(=O)[O-])cc1.[Co+3].[Co+3].[Co+3].[Co+3].[O-2].[O-2].[O-2].[OH-].c1ccncc1.c1ccncc1.c1ccncc1.c1ccncc1. The van der Waals surface area contributed by atoms with Crippen LogP contribution < -0.4 is 20.4 Å². The van der Waals surface area contributed by atoms with Gasteiger partial charge in [-0.25, -0.2) is 8.42 Å². The van der Waals surface area contributed by atoms with Crippen LogP contribution in [0.4, 0.5) is 0 Å². The molecule has 0 saturated carbocycles. The molecule has 4 heterocycles. The summed E-state index contributed by atoms with van der Waals surface area (Å²) < 4.78 is 31.2. The number of carboxylic acid groups (broad SMARTS) is 4. The average Bonchev–Trinajstić information content (AvgIpc) is 3.22. The topological polar surface area (TPSA) is 480 Å². The molecule has 0 fully saturated rings. The minimum atomic E-state index is -4.27. The molecule has 0 unspecified atom stereocenters. The third-order valence-corrected chi connectivity index (χ3v) is 4.43. The molecule has 5 aromatic rings. The van der Waals surface area contributed by atoms with Crippen LogP contribution in [0.15, 0.2) is 152 Å². The van der Waals surface area contributed by atoms with Crippen molar-refractivity contribution in [2.75, 3.05) is 0 Å². The Bertz CT molecular complexity index is 1680. The number of aromatic nitrogens is 4. The van der Waals surface area contributed by atoms with Gasteiger partial charge in [0.25, 0.3) is 0 Å². The summed E-state index contributed by atoms with van der Waals surface area (Å²) in [6.07, 6.45) is 14.0. The van der Waals surface area contributed by atoms with E-state index in [0.29, 0.717) is 0 Å². The summed E-state index contributed by atoms with van der Waals surface area (Å²) in [4.78, 5) is 50.5. The maximum atomic E-state index is 10.4. The average molecular weight is 1190 g/mol. The molecule has 23 nitrogen and oxygen atoms in total. The summed E-state index contributed by atoms with van der Waals surface area (Å²) in [6.45, 7) is 11.4. The molecule has 0 bridgehead atoms. The van der Waals surface area contributed by atoms with E-state index >= 15 is 0 Å². The molecule has 0 aliphatic carbocycles. The first-order valence-corrected chi connectivity index (χ1v) is 18.4.